The summed E-state index contributed by atoms with van der Waals surface area (Å²) in [4.78, 5) is 5.10. The highest BCUT2D eigenvalue weighted by Crippen LogP contribution is 2.22. The van der Waals surface area contributed by atoms with Crippen LogP contribution in [0.3, 0.4) is 0 Å². The summed E-state index contributed by atoms with van der Waals surface area (Å²) in [6, 6.07) is 0.833. The standard InChI is InChI=1S/C13H22N2/c1-3-12-4-10-15(11-5-12)13-6-8-14(2)9-7-13/h1,12-13H,4-11H2,2H3. The lowest BCUT2D eigenvalue weighted by Crippen LogP contribution is -2.46. The monoisotopic (exact) mass is 206 g/mol. The van der Waals surface area contributed by atoms with Gasteiger partial charge in [-0.3, -0.25) is 0 Å². The summed E-state index contributed by atoms with van der Waals surface area (Å²) in [5, 5.41) is 0. The molecule has 0 aromatic rings. The summed E-state index contributed by atoms with van der Waals surface area (Å²) < 4.78 is 0. The number of hydrogen-bond acceptors (Lipinski definition) is 2. The van der Waals surface area contributed by atoms with E-state index in [-0.39, 0.29) is 0 Å². The Hall–Kier alpha value is -0.520. The van der Waals surface area contributed by atoms with Gasteiger partial charge in [-0.15, -0.1) is 12.3 Å². The average molecular weight is 206 g/mol. The Bertz CT molecular complexity index is 227. The van der Waals surface area contributed by atoms with Crippen molar-refractivity contribution in [3.63, 3.8) is 0 Å². The topological polar surface area (TPSA) is 6.48 Å². The molecule has 0 amide bonds. The molecule has 0 aromatic heterocycles. The summed E-state index contributed by atoms with van der Waals surface area (Å²) in [6.07, 6.45) is 10.6. The lowest BCUT2D eigenvalue weighted by molar-refractivity contribution is 0.0941. The smallest absolute Gasteiger partial charge is 0.0224 e. The highest BCUT2D eigenvalue weighted by molar-refractivity contribution is 4.96. The second kappa shape index (κ2) is 5.01. The van der Waals surface area contributed by atoms with Crippen LogP contribution < -0.4 is 0 Å². The van der Waals surface area contributed by atoms with E-state index in [9.17, 15) is 0 Å². The van der Waals surface area contributed by atoms with E-state index in [2.05, 4.69) is 22.8 Å². The first kappa shape index (κ1) is 11.0. The number of hydrogen-bond donors (Lipinski definition) is 0. The van der Waals surface area contributed by atoms with Crippen molar-refractivity contribution in [3.8, 4) is 12.3 Å². The second-order valence-corrected chi connectivity index (χ2v) is 5.01. The fourth-order valence-electron chi connectivity index (χ4n) is 2.79. The van der Waals surface area contributed by atoms with Crippen molar-refractivity contribution in [2.24, 2.45) is 5.92 Å². The van der Waals surface area contributed by atoms with Gasteiger partial charge in [0, 0.05) is 12.0 Å². The largest absolute Gasteiger partial charge is 0.306 e. The van der Waals surface area contributed by atoms with Crippen molar-refractivity contribution in [1.82, 2.24) is 9.80 Å². The Morgan fingerprint density at radius 1 is 1.00 bits per heavy atom. The van der Waals surface area contributed by atoms with Crippen LogP contribution in [0.4, 0.5) is 0 Å². The minimum Gasteiger partial charge on any atom is -0.306 e. The summed E-state index contributed by atoms with van der Waals surface area (Å²) in [5.74, 6) is 3.45. The van der Waals surface area contributed by atoms with Crippen molar-refractivity contribution in [2.45, 2.75) is 31.7 Å². The van der Waals surface area contributed by atoms with E-state index in [1.807, 2.05) is 0 Å². The van der Waals surface area contributed by atoms with Crippen LogP contribution in [0, 0.1) is 18.3 Å². The maximum atomic E-state index is 5.47. The number of likely N-dealkylation sites (tertiary alicyclic amines) is 2. The van der Waals surface area contributed by atoms with Gasteiger partial charge in [0.1, 0.15) is 0 Å². The third-order valence-corrected chi connectivity index (χ3v) is 3.97. The van der Waals surface area contributed by atoms with Crippen LogP contribution in [0.25, 0.3) is 0 Å². The molecule has 2 aliphatic heterocycles. The Kier molecular flexibility index (Phi) is 3.66. The molecule has 0 unspecified atom stereocenters. The summed E-state index contributed by atoms with van der Waals surface area (Å²) in [5.41, 5.74) is 0. The predicted octanol–water partition coefficient (Wildman–Crippen LogP) is 1.43. The van der Waals surface area contributed by atoms with Crippen LogP contribution in [0.5, 0.6) is 0 Å². The first-order valence-electron chi connectivity index (χ1n) is 6.18. The van der Waals surface area contributed by atoms with Gasteiger partial charge in [-0.05, 0) is 58.9 Å². The summed E-state index contributed by atoms with van der Waals surface area (Å²) in [7, 11) is 2.22. The van der Waals surface area contributed by atoms with Crippen LogP contribution in [-0.2, 0) is 0 Å². The minimum absolute atomic E-state index is 0.549. The van der Waals surface area contributed by atoms with Crippen molar-refractivity contribution >= 4 is 0 Å². The molecule has 2 nitrogen and oxygen atoms in total. The number of terminal acetylenes is 1. The lowest BCUT2D eigenvalue weighted by atomic mass is 9.94. The lowest BCUT2D eigenvalue weighted by Gasteiger charge is -2.40. The van der Waals surface area contributed by atoms with E-state index in [0.717, 1.165) is 6.04 Å². The van der Waals surface area contributed by atoms with E-state index >= 15 is 0 Å². The molecule has 0 N–H and O–H groups in total. The second-order valence-electron chi connectivity index (χ2n) is 5.01. The molecule has 2 heterocycles. The van der Waals surface area contributed by atoms with Crippen LogP contribution in [-0.4, -0.2) is 49.1 Å². The van der Waals surface area contributed by atoms with Gasteiger partial charge in [-0.1, -0.05) is 0 Å². The van der Waals surface area contributed by atoms with E-state index < -0.39 is 0 Å². The maximum Gasteiger partial charge on any atom is 0.0224 e. The molecule has 2 heteroatoms. The molecule has 0 bridgehead atoms. The third kappa shape index (κ3) is 2.74. The van der Waals surface area contributed by atoms with Crippen molar-refractivity contribution < 1.29 is 0 Å². The molecule has 84 valence electrons. The van der Waals surface area contributed by atoms with Gasteiger partial charge in [0.2, 0.25) is 0 Å². The minimum atomic E-state index is 0.549. The fraction of sp³-hybridized carbons (Fsp3) is 0.846. The molecule has 0 saturated carbocycles. The molecular weight excluding hydrogens is 184 g/mol. The van der Waals surface area contributed by atoms with Crippen molar-refractivity contribution in [2.75, 3.05) is 33.2 Å². The summed E-state index contributed by atoms with van der Waals surface area (Å²) in [6.45, 7) is 4.98. The van der Waals surface area contributed by atoms with Gasteiger partial charge in [0.25, 0.3) is 0 Å². The normalized spacial score (nSPS) is 27.7. The number of piperidine rings is 2. The van der Waals surface area contributed by atoms with Crippen molar-refractivity contribution in [1.29, 1.82) is 0 Å². The Balaban J connectivity index is 1.78. The zero-order valence-electron chi connectivity index (χ0n) is 9.78. The Morgan fingerprint density at radius 2 is 1.60 bits per heavy atom. The number of nitrogens with zero attached hydrogens (tertiary/aromatic N) is 2. The maximum absolute atomic E-state index is 5.47. The Morgan fingerprint density at radius 3 is 2.13 bits per heavy atom. The van der Waals surface area contributed by atoms with E-state index in [1.54, 1.807) is 0 Å². The van der Waals surface area contributed by atoms with Gasteiger partial charge >= 0.3 is 0 Å². The quantitative estimate of drug-likeness (QED) is 0.599. The molecule has 0 aromatic carbocycles. The SMILES string of the molecule is C#CC1CCN(C2CCN(C)CC2)CC1. The van der Waals surface area contributed by atoms with Gasteiger partial charge in [-0.2, -0.15) is 0 Å². The fourth-order valence-corrected chi connectivity index (χ4v) is 2.79. The molecule has 0 atom stereocenters. The van der Waals surface area contributed by atoms with E-state index in [4.69, 9.17) is 6.42 Å². The molecule has 2 rings (SSSR count). The summed E-state index contributed by atoms with van der Waals surface area (Å²) >= 11 is 0. The molecule has 2 fully saturated rings. The number of rotatable bonds is 1. The van der Waals surface area contributed by atoms with Crippen LogP contribution in [0.1, 0.15) is 25.7 Å². The van der Waals surface area contributed by atoms with E-state index in [1.165, 1.54) is 51.9 Å². The zero-order chi connectivity index (χ0) is 10.7. The molecule has 0 radical (unpaired) electrons. The van der Waals surface area contributed by atoms with Gasteiger partial charge in [-0.25, -0.2) is 0 Å². The molecular formula is C13H22N2. The molecule has 2 saturated heterocycles. The first-order chi connectivity index (χ1) is 7.29. The first-order valence-corrected chi connectivity index (χ1v) is 6.18. The zero-order valence-corrected chi connectivity index (χ0v) is 9.78. The van der Waals surface area contributed by atoms with Gasteiger partial charge in [0.15, 0.2) is 0 Å². The predicted molar refractivity (Wildman–Crippen MR) is 63.6 cm³/mol. The van der Waals surface area contributed by atoms with Crippen LogP contribution >= 0.6 is 0 Å². The molecule has 0 aliphatic carbocycles. The van der Waals surface area contributed by atoms with Gasteiger partial charge in [0.05, 0.1) is 0 Å². The highest BCUT2D eigenvalue weighted by Gasteiger charge is 2.26. The highest BCUT2D eigenvalue weighted by atomic mass is 15.2. The molecule has 2 aliphatic rings. The molecule has 0 spiro atoms. The third-order valence-electron chi connectivity index (χ3n) is 3.97. The average Bonchev–Trinajstić information content (AvgIpc) is 2.30. The molecule has 15 heavy (non-hydrogen) atoms. The van der Waals surface area contributed by atoms with E-state index in [0.29, 0.717) is 5.92 Å². The van der Waals surface area contributed by atoms with Crippen molar-refractivity contribution in [3.05, 3.63) is 0 Å². The Labute approximate surface area is 93.6 Å². The van der Waals surface area contributed by atoms with Crippen LogP contribution in [0.2, 0.25) is 0 Å². The van der Waals surface area contributed by atoms with Crippen LogP contribution in [0.15, 0.2) is 0 Å². The van der Waals surface area contributed by atoms with Gasteiger partial charge < -0.3 is 9.80 Å².